The number of amides is 2. The maximum atomic E-state index is 12.7. The molecule has 1 N–H and O–H groups in total. The van der Waals surface area contributed by atoms with Gasteiger partial charge in [-0.25, -0.2) is 0 Å². The third kappa shape index (κ3) is 5.22. The minimum absolute atomic E-state index is 0.00792. The molecule has 2 heterocycles. The third-order valence-electron chi connectivity index (χ3n) is 5.19. The normalized spacial score (nSPS) is 19.0. The number of hydrogen-bond acceptors (Lipinski definition) is 5. The van der Waals surface area contributed by atoms with Gasteiger partial charge in [-0.05, 0) is 31.7 Å². The molecule has 8 nitrogen and oxygen atoms in total. The highest BCUT2D eigenvalue weighted by molar-refractivity contribution is 5.94. The van der Waals surface area contributed by atoms with Gasteiger partial charge in [-0.2, -0.15) is 0 Å². The molecule has 1 aliphatic heterocycles. The van der Waals surface area contributed by atoms with E-state index in [-0.39, 0.29) is 24.8 Å². The number of carboxylic acid groups (broad SMARTS) is 1. The van der Waals surface area contributed by atoms with Crippen molar-refractivity contribution in [2.24, 2.45) is 0 Å². The lowest BCUT2D eigenvalue weighted by Gasteiger charge is -2.38. The maximum absolute atomic E-state index is 12.7. The van der Waals surface area contributed by atoms with Crippen LogP contribution >= 0.6 is 0 Å². The first-order valence-electron chi connectivity index (χ1n) is 9.69. The highest BCUT2D eigenvalue weighted by Crippen LogP contribution is 2.40. The summed E-state index contributed by atoms with van der Waals surface area (Å²) in [5.41, 5.74) is 1.88. The van der Waals surface area contributed by atoms with Gasteiger partial charge in [0.05, 0.1) is 13.1 Å². The van der Waals surface area contributed by atoms with Gasteiger partial charge in [0, 0.05) is 18.5 Å². The summed E-state index contributed by atoms with van der Waals surface area (Å²) in [4.78, 5) is 36.9. The second-order valence-electron chi connectivity index (χ2n) is 7.29. The van der Waals surface area contributed by atoms with Crippen molar-refractivity contribution in [3.63, 3.8) is 0 Å². The molecule has 1 saturated carbocycles. The zero-order valence-corrected chi connectivity index (χ0v) is 16.4. The van der Waals surface area contributed by atoms with E-state index in [1.165, 1.54) is 0 Å². The zero-order chi connectivity index (χ0) is 20.8. The van der Waals surface area contributed by atoms with Crippen molar-refractivity contribution in [1.29, 1.82) is 0 Å². The molecule has 2 aliphatic rings. The van der Waals surface area contributed by atoms with Crippen molar-refractivity contribution in [3.8, 4) is 0 Å². The van der Waals surface area contributed by atoms with Gasteiger partial charge in [0.2, 0.25) is 11.8 Å². The Morgan fingerprint density at radius 2 is 1.93 bits per heavy atom. The van der Waals surface area contributed by atoms with Gasteiger partial charge in [-0.15, -0.1) is 0 Å². The van der Waals surface area contributed by atoms with E-state index in [2.05, 4.69) is 5.16 Å². The summed E-state index contributed by atoms with van der Waals surface area (Å²) in [6.07, 6.45) is 3.03. The molecule has 0 radical (unpaired) electrons. The molecular weight excluding hydrogens is 374 g/mol. The first kappa shape index (κ1) is 20.6. The lowest BCUT2D eigenvalue weighted by atomic mass is 10.1. The third-order valence-corrected chi connectivity index (χ3v) is 5.19. The van der Waals surface area contributed by atoms with Crippen LogP contribution in [0.4, 0.5) is 0 Å². The largest absolute Gasteiger partial charge is 0.483 e. The van der Waals surface area contributed by atoms with Crippen LogP contribution in [0.1, 0.15) is 42.7 Å². The average Bonchev–Trinajstić information content (AvgIpc) is 3.47. The Labute approximate surface area is 169 Å². The molecule has 4 rings (SSSR count). The fourth-order valence-corrected chi connectivity index (χ4v) is 3.41. The summed E-state index contributed by atoms with van der Waals surface area (Å²) in [6.45, 7) is 2.55. The van der Waals surface area contributed by atoms with E-state index in [0.29, 0.717) is 19.0 Å². The van der Waals surface area contributed by atoms with Crippen molar-refractivity contribution >= 4 is 18.3 Å². The molecule has 154 valence electrons. The number of benzene rings is 1. The first-order valence-corrected chi connectivity index (χ1v) is 9.69. The molecule has 1 aromatic heterocycles. The van der Waals surface area contributed by atoms with Crippen LogP contribution in [0.3, 0.4) is 0 Å². The predicted octanol–water partition coefficient (Wildman–Crippen LogP) is 2.05. The summed E-state index contributed by atoms with van der Waals surface area (Å²) in [7, 11) is 0. The lowest BCUT2D eigenvalue weighted by molar-refractivity contribution is -0.155. The Balaban J connectivity index is 0.000000755. The topological polar surface area (TPSA) is 104 Å². The van der Waals surface area contributed by atoms with Crippen LogP contribution in [0.15, 0.2) is 40.9 Å². The quantitative estimate of drug-likeness (QED) is 0.746. The van der Waals surface area contributed by atoms with E-state index < -0.39 is 6.04 Å². The van der Waals surface area contributed by atoms with E-state index in [1.54, 1.807) is 16.7 Å². The number of aromatic nitrogens is 1. The van der Waals surface area contributed by atoms with Crippen molar-refractivity contribution in [1.82, 2.24) is 15.0 Å². The van der Waals surface area contributed by atoms with Crippen LogP contribution in [-0.2, 0) is 27.3 Å². The highest BCUT2D eigenvalue weighted by atomic mass is 16.5. The van der Waals surface area contributed by atoms with Crippen LogP contribution in [0.25, 0.3) is 0 Å². The first-order chi connectivity index (χ1) is 14.0. The number of carbonyl (C=O) groups is 3. The van der Waals surface area contributed by atoms with E-state index in [1.807, 2.05) is 36.4 Å². The molecule has 1 aliphatic carbocycles. The fourth-order valence-electron chi connectivity index (χ4n) is 3.41. The SMILES string of the molecule is C[C@H]1C(=O)N(CCc2ccccc2)CC(=O)N1Cc1cc(C2CC2)on1.O=CO. The van der Waals surface area contributed by atoms with Gasteiger partial charge in [0.15, 0.2) is 0 Å². The molecule has 0 unspecified atom stereocenters. The maximum Gasteiger partial charge on any atom is 0.290 e. The van der Waals surface area contributed by atoms with E-state index in [0.717, 1.165) is 36.3 Å². The van der Waals surface area contributed by atoms with Gasteiger partial charge < -0.3 is 19.4 Å². The molecule has 1 aromatic carbocycles. The van der Waals surface area contributed by atoms with Crippen LogP contribution in [-0.4, -0.2) is 57.5 Å². The monoisotopic (exact) mass is 399 g/mol. The number of carbonyl (C=O) groups excluding carboxylic acids is 2. The molecule has 0 spiro atoms. The molecule has 2 aromatic rings. The van der Waals surface area contributed by atoms with Gasteiger partial charge in [-0.3, -0.25) is 14.4 Å². The number of hydrogen-bond donors (Lipinski definition) is 1. The summed E-state index contributed by atoms with van der Waals surface area (Å²) in [5.74, 6) is 1.33. The minimum atomic E-state index is -0.479. The summed E-state index contributed by atoms with van der Waals surface area (Å²) in [6, 6.07) is 11.4. The van der Waals surface area contributed by atoms with Crippen molar-refractivity contribution < 1.29 is 24.0 Å². The van der Waals surface area contributed by atoms with E-state index in [4.69, 9.17) is 14.4 Å². The molecule has 1 saturated heterocycles. The van der Waals surface area contributed by atoms with Crippen molar-refractivity contribution in [2.45, 2.75) is 44.7 Å². The number of nitrogens with zero attached hydrogens (tertiary/aromatic N) is 3. The summed E-state index contributed by atoms with van der Waals surface area (Å²) >= 11 is 0. The zero-order valence-electron chi connectivity index (χ0n) is 16.4. The van der Waals surface area contributed by atoms with Gasteiger partial charge in [-0.1, -0.05) is 35.5 Å². The van der Waals surface area contributed by atoms with E-state index in [9.17, 15) is 9.59 Å². The molecule has 8 heteroatoms. The highest BCUT2D eigenvalue weighted by Gasteiger charge is 2.37. The molecule has 2 amide bonds. The van der Waals surface area contributed by atoms with Crippen LogP contribution in [0.5, 0.6) is 0 Å². The Hall–Kier alpha value is -3.16. The van der Waals surface area contributed by atoms with E-state index >= 15 is 0 Å². The average molecular weight is 399 g/mol. The second kappa shape index (κ2) is 9.36. The standard InChI is InChI=1S/C20H23N3O3.CH2O2/c1-14-20(25)22(10-9-15-5-3-2-4-6-15)13-19(24)23(14)12-17-11-18(26-21-17)16-7-8-16;2-1-3/h2-6,11,14,16H,7-10,12-13H2,1H3;1H,(H,2,3)/t14-;/m0./s1. The second-order valence-corrected chi connectivity index (χ2v) is 7.29. The Bertz CT molecular complexity index is 847. The molecule has 0 bridgehead atoms. The number of piperazine rings is 1. The molecule has 2 fully saturated rings. The van der Waals surface area contributed by atoms with Gasteiger partial charge in [0.1, 0.15) is 17.5 Å². The number of rotatable bonds is 6. The molecule has 29 heavy (non-hydrogen) atoms. The van der Waals surface area contributed by atoms with Crippen LogP contribution in [0.2, 0.25) is 0 Å². The lowest BCUT2D eigenvalue weighted by Crippen LogP contribution is -2.58. The molecular formula is C21H25N3O5. The summed E-state index contributed by atoms with van der Waals surface area (Å²) in [5, 5.41) is 11.0. The minimum Gasteiger partial charge on any atom is -0.483 e. The smallest absolute Gasteiger partial charge is 0.290 e. The molecule has 1 atom stereocenters. The Morgan fingerprint density at radius 1 is 1.24 bits per heavy atom. The summed E-state index contributed by atoms with van der Waals surface area (Å²) < 4.78 is 5.35. The van der Waals surface area contributed by atoms with Crippen molar-refractivity contribution in [2.75, 3.05) is 13.1 Å². The van der Waals surface area contributed by atoms with Crippen LogP contribution in [0, 0.1) is 0 Å². The van der Waals surface area contributed by atoms with Gasteiger partial charge in [0.25, 0.3) is 6.47 Å². The van der Waals surface area contributed by atoms with Crippen LogP contribution < -0.4 is 0 Å². The fraction of sp³-hybridized carbons (Fsp3) is 0.429. The van der Waals surface area contributed by atoms with Crippen molar-refractivity contribution in [3.05, 3.63) is 53.4 Å². The van der Waals surface area contributed by atoms with Gasteiger partial charge >= 0.3 is 0 Å². The Kier molecular flexibility index (Phi) is 6.64. The Morgan fingerprint density at radius 3 is 2.59 bits per heavy atom. The predicted molar refractivity (Wildman–Crippen MR) is 104 cm³/mol.